The SMILES string of the molecule is O=C(c1ccc(F)c(O)c1)N1C[C@@H](O)[C@H](F)C1. The van der Waals surface area contributed by atoms with Crippen LogP contribution in [0.2, 0.25) is 0 Å². The van der Waals surface area contributed by atoms with Gasteiger partial charge in [-0.25, -0.2) is 8.78 Å². The highest BCUT2D eigenvalue weighted by atomic mass is 19.1. The first-order valence-electron chi connectivity index (χ1n) is 5.09. The van der Waals surface area contributed by atoms with E-state index in [-0.39, 0.29) is 18.7 Å². The molecule has 0 saturated carbocycles. The van der Waals surface area contributed by atoms with Crippen molar-refractivity contribution in [3.63, 3.8) is 0 Å². The lowest BCUT2D eigenvalue weighted by Crippen LogP contribution is -2.29. The van der Waals surface area contributed by atoms with Crippen molar-refractivity contribution in [3.05, 3.63) is 29.6 Å². The van der Waals surface area contributed by atoms with Crippen molar-refractivity contribution in [1.29, 1.82) is 0 Å². The molecule has 0 aromatic heterocycles. The van der Waals surface area contributed by atoms with Crippen LogP contribution in [0.25, 0.3) is 0 Å². The van der Waals surface area contributed by atoms with E-state index in [1.54, 1.807) is 0 Å². The first-order valence-corrected chi connectivity index (χ1v) is 5.09. The molecule has 1 aliphatic rings. The van der Waals surface area contributed by atoms with E-state index in [0.29, 0.717) is 0 Å². The van der Waals surface area contributed by atoms with Gasteiger partial charge >= 0.3 is 0 Å². The van der Waals surface area contributed by atoms with Gasteiger partial charge in [-0.1, -0.05) is 0 Å². The highest BCUT2D eigenvalue weighted by Gasteiger charge is 2.34. The van der Waals surface area contributed by atoms with Gasteiger partial charge in [-0.05, 0) is 18.2 Å². The van der Waals surface area contributed by atoms with E-state index in [2.05, 4.69) is 0 Å². The molecular weight excluding hydrogens is 232 g/mol. The molecule has 0 aliphatic carbocycles. The van der Waals surface area contributed by atoms with Crippen molar-refractivity contribution < 1.29 is 23.8 Å². The number of alkyl halides is 1. The largest absolute Gasteiger partial charge is 0.505 e. The number of β-amino-alcohol motifs (C(OH)–C–C–N with tert-alkyl or cyclic N) is 1. The molecule has 1 aromatic rings. The van der Waals surface area contributed by atoms with Crippen LogP contribution in [-0.2, 0) is 0 Å². The second-order valence-electron chi connectivity index (χ2n) is 3.96. The third kappa shape index (κ3) is 2.21. The molecule has 0 spiro atoms. The zero-order valence-corrected chi connectivity index (χ0v) is 8.81. The van der Waals surface area contributed by atoms with Gasteiger partial charge in [0.05, 0.1) is 6.54 Å². The Hall–Kier alpha value is -1.69. The standard InChI is InChI=1S/C11H11F2NO3/c12-7-2-1-6(3-9(7)15)11(17)14-4-8(13)10(16)5-14/h1-3,8,10,15-16H,4-5H2/t8-,10-/m1/s1. The van der Waals surface area contributed by atoms with E-state index in [1.165, 1.54) is 6.07 Å². The molecule has 1 amide bonds. The molecule has 2 N–H and O–H groups in total. The number of aromatic hydroxyl groups is 1. The van der Waals surface area contributed by atoms with Gasteiger partial charge < -0.3 is 15.1 Å². The number of halogens is 2. The van der Waals surface area contributed by atoms with Crippen molar-refractivity contribution in [2.45, 2.75) is 12.3 Å². The molecule has 4 nitrogen and oxygen atoms in total. The molecule has 0 bridgehead atoms. The van der Waals surface area contributed by atoms with Crippen LogP contribution >= 0.6 is 0 Å². The van der Waals surface area contributed by atoms with E-state index >= 15 is 0 Å². The Morgan fingerprint density at radius 1 is 1.41 bits per heavy atom. The monoisotopic (exact) mass is 243 g/mol. The topological polar surface area (TPSA) is 60.8 Å². The molecule has 1 aromatic carbocycles. The Bertz CT molecular complexity index is 442. The van der Waals surface area contributed by atoms with Crippen molar-refractivity contribution >= 4 is 5.91 Å². The Kier molecular flexibility index (Phi) is 2.97. The van der Waals surface area contributed by atoms with Gasteiger partial charge in [0.2, 0.25) is 0 Å². The van der Waals surface area contributed by atoms with Crippen LogP contribution < -0.4 is 0 Å². The van der Waals surface area contributed by atoms with Gasteiger partial charge in [-0.3, -0.25) is 4.79 Å². The van der Waals surface area contributed by atoms with E-state index < -0.39 is 29.7 Å². The maximum absolute atomic E-state index is 13.0. The number of nitrogens with zero attached hydrogens (tertiary/aromatic N) is 1. The number of hydrogen-bond acceptors (Lipinski definition) is 3. The summed E-state index contributed by atoms with van der Waals surface area (Å²) in [6, 6.07) is 3.15. The van der Waals surface area contributed by atoms with Crippen LogP contribution in [0.15, 0.2) is 18.2 Å². The molecule has 6 heteroatoms. The summed E-state index contributed by atoms with van der Waals surface area (Å²) in [5, 5.41) is 18.3. The summed E-state index contributed by atoms with van der Waals surface area (Å²) in [7, 11) is 0. The number of amides is 1. The number of phenolic OH excluding ortho intramolecular Hbond substituents is 1. The third-order valence-electron chi connectivity index (χ3n) is 2.70. The van der Waals surface area contributed by atoms with Gasteiger partial charge in [-0.2, -0.15) is 0 Å². The second-order valence-corrected chi connectivity index (χ2v) is 3.96. The summed E-state index contributed by atoms with van der Waals surface area (Å²) < 4.78 is 25.8. The van der Waals surface area contributed by atoms with Crippen molar-refractivity contribution in [2.75, 3.05) is 13.1 Å². The Balaban J connectivity index is 2.17. The smallest absolute Gasteiger partial charge is 0.254 e. The average molecular weight is 243 g/mol. The molecular formula is C11H11F2NO3. The summed E-state index contributed by atoms with van der Waals surface area (Å²) >= 11 is 0. The predicted molar refractivity (Wildman–Crippen MR) is 54.9 cm³/mol. The molecule has 92 valence electrons. The summed E-state index contributed by atoms with van der Waals surface area (Å²) in [5.41, 5.74) is 0.0604. The van der Waals surface area contributed by atoms with Crippen LogP contribution in [-0.4, -0.2) is 46.4 Å². The number of hydrogen-bond donors (Lipinski definition) is 2. The van der Waals surface area contributed by atoms with Gasteiger partial charge in [0.25, 0.3) is 5.91 Å². The molecule has 1 fully saturated rings. The maximum Gasteiger partial charge on any atom is 0.254 e. The molecule has 2 atom stereocenters. The van der Waals surface area contributed by atoms with E-state index in [0.717, 1.165) is 17.0 Å². The van der Waals surface area contributed by atoms with Gasteiger partial charge in [0.15, 0.2) is 11.6 Å². The number of benzene rings is 1. The molecule has 17 heavy (non-hydrogen) atoms. The number of carbonyl (C=O) groups is 1. The third-order valence-corrected chi connectivity index (χ3v) is 2.70. The van der Waals surface area contributed by atoms with Crippen molar-refractivity contribution in [1.82, 2.24) is 4.90 Å². The van der Waals surface area contributed by atoms with Crippen LogP contribution in [0.5, 0.6) is 5.75 Å². The fraction of sp³-hybridized carbons (Fsp3) is 0.364. The molecule has 1 heterocycles. The van der Waals surface area contributed by atoms with Crippen LogP contribution in [0, 0.1) is 5.82 Å². The van der Waals surface area contributed by atoms with Crippen molar-refractivity contribution in [3.8, 4) is 5.75 Å². The highest BCUT2D eigenvalue weighted by Crippen LogP contribution is 2.20. The predicted octanol–water partition coefficient (Wildman–Crippen LogP) is 0.686. The Morgan fingerprint density at radius 2 is 2.12 bits per heavy atom. The number of likely N-dealkylation sites (tertiary alicyclic amines) is 1. The van der Waals surface area contributed by atoms with E-state index in [4.69, 9.17) is 5.11 Å². The quantitative estimate of drug-likeness (QED) is 0.762. The van der Waals surface area contributed by atoms with Crippen LogP contribution in [0.4, 0.5) is 8.78 Å². The number of aliphatic hydroxyl groups is 1. The zero-order chi connectivity index (χ0) is 12.6. The maximum atomic E-state index is 13.0. The van der Waals surface area contributed by atoms with Gasteiger partial charge in [-0.15, -0.1) is 0 Å². The number of aliphatic hydroxyl groups excluding tert-OH is 1. The number of carbonyl (C=O) groups excluding carboxylic acids is 1. The minimum atomic E-state index is -1.46. The average Bonchev–Trinajstić information content (AvgIpc) is 2.62. The minimum absolute atomic E-state index is 0.0604. The van der Waals surface area contributed by atoms with Gasteiger partial charge in [0.1, 0.15) is 12.3 Å². The Labute approximate surface area is 96.1 Å². The molecule has 1 aliphatic heterocycles. The molecule has 0 radical (unpaired) electrons. The lowest BCUT2D eigenvalue weighted by molar-refractivity contribution is 0.0764. The minimum Gasteiger partial charge on any atom is -0.505 e. The zero-order valence-electron chi connectivity index (χ0n) is 8.81. The summed E-state index contributed by atoms with van der Waals surface area (Å²) in [5.74, 6) is -2.00. The van der Waals surface area contributed by atoms with E-state index in [9.17, 15) is 18.7 Å². The second kappa shape index (κ2) is 4.29. The first-order chi connectivity index (χ1) is 7.99. The highest BCUT2D eigenvalue weighted by molar-refractivity contribution is 5.94. The fourth-order valence-electron chi connectivity index (χ4n) is 1.74. The lowest BCUT2D eigenvalue weighted by atomic mass is 10.2. The van der Waals surface area contributed by atoms with Crippen LogP contribution in [0.3, 0.4) is 0 Å². The summed E-state index contributed by atoms with van der Waals surface area (Å²) in [6.07, 6.45) is -2.65. The summed E-state index contributed by atoms with van der Waals surface area (Å²) in [4.78, 5) is 12.9. The fourth-order valence-corrected chi connectivity index (χ4v) is 1.74. The number of phenols is 1. The lowest BCUT2D eigenvalue weighted by Gasteiger charge is -2.15. The van der Waals surface area contributed by atoms with Crippen LogP contribution in [0.1, 0.15) is 10.4 Å². The van der Waals surface area contributed by atoms with Crippen molar-refractivity contribution in [2.24, 2.45) is 0 Å². The summed E-state index contributed by atoms with van der Waals surface area (Å²) in [6.45, 7) is -0.295. The van der Waals surface area contributed by atoms with Gasteiger partial charge in [0, 0.05) is 12.1 Å². The Morgan fingerprint density at radius 3 is 2.65 bits per heavy atom. The first kappa shape index (κ1) is 11.8. The normalized spacial score (nSPS) is 24.1. The van der Waals surface area contributed by atoms with E-state index in [1.807, 2.05) is 0 Å². The molecule has 2 rings (SSSR count). The molecule has 1 saturated heterocycles. The number of rotatable bonds is 1. The molecule has 0 unspecified atom stereocenters.